The van der Waals surface area contributed by atoms with Crippen molar-refractivity contribution in [3.8, 4) is 0 Å². The van der Waals surface area contributed by atoms with Gasteiger partial charge >= 0.3 is 0 Å². The first-order valence-electron chi connectivity index (χ1n) is 12.2. The maximum absolute atomic E-state index is 12.8. The molecule has 2 aromatic rings. The van der Waals surface area contributed by atoms with Gasteiger partial charge in [0.15, 0.2) is 0 Å². The molecule has 0 radical (unpaired) electrons. The summed E-state index contributed by atoms with van der Waals surface area (Å²) < 4.78 is 19.3. The van der Waals surface area contributed by atoms with E-state index in [1.54, 1.807) is 13.0 Å². The smallest absolute Gasteiger partial charge is 0.253 e. The molecule has 3 aliphatic rings. The first kappa shape index (κ1) is 23.9. The summed E-state index contributed by atoms with van der Waals surface area (Å²) in [5.41, 5.74) is 2.07. The van der Waals surface area contributed by atoms with Crippen LogP contribution < -0.4 is 10.6 Å². The number of ether oxygens (including phenoxy) is 3. The number of hydrogen-bond acceptors (Lipinski definition) is 6. The highest BCUT2D eigenvalue weighted by Crippen LogP contribution is 2.47. The van der Waals surface area contributed by atoms with Crippen LogP contribution in [0.3, 0.4) is 0 Å². The standard InChI is InChI=1S/C28H32N2O5/c1-18-15-22(27(32)30-26(18)31)24-23-25(34-17-21-11-7-4-8-12-21)28(35-24,19(2)29-23)13-14-33-16-20-9-5-3-6-10-20/h3-12,15,19,22-25,29H,13-14,16-17H2,1-2H3,(H,30,31,32)/t19-,22?,23+,24+,25+,28+/m1/s1. The van der Waals surface area contributed by atoms with Gasteiger partial charge in [-0.15, -0.1) is 0 Å². The predicted molar refractivity (Wildman–Crippen MR) is 130 cm³/mol. The fourth-order valence-corrected chi connectivity index (χ4v) is 5.50. The molecule has 3 heterocycles. The molecule has 3 aliphatic heterocycles. The number of carbonyl (C=O) groups is 2. The van der Waals surface area contributed by atoms with Gasteiger partial charge in [0.05, 0.1) is 31.3 Å². The average molecular weight is 477 g/mol. The molecule has 0 saturated carbocycles. The van der Waals surface area contributed by atoms with Crippen LogP contribution in [0.2, 0.25) is 0 Å². The van der Waals surface area contributed by atoms with E-state index in [0.717, 1.165) is 11.1 Å². The van der Waals surface area contributed by atoms with Gasteiger partial charge in [-0.3, -0.25) is 14.9 Å². The molecule has 2 fully saturated rings. The molecule has 184 valence electrons. The van der Waals surface area contributed by atoms with Crippen LogP contribution in [-0.4, -0.2) is 48.3 Å². The highest BCUT2D eigenvalue weighted by molar-refractivity contribution is 6.08. The molecule has 2 aromatic carbocycles. The minimum absolute atomic E-state index is 0.0169. The van der Waals surface area contributed by atoms with Crippen LogP contribution in [0.4, 0.5) is 0 Å². The zero-order chi connectivity index (χ0) is 24.4. The Kier molecular flexibility index (Phi) is 6.84. The Hall–Kier alpha value is -2.84. The topological polar surface area (TPSA) is 85.9 Å². The van der Waals surface area contributed by atoms with Crippen LogP contribution in [0.5, 0.6) is 0 Å². The number of amides is 2. The van der Waals surface area contributed by atoms with E-state index in [4.69, 9.17) is 14.2 Å². The third-order valence-electron chi connectivity index (χ3n) is 7.39. The van der Waals surface area contributed by atoms with E-state index in [1.165, 1.54) is 0 Å². The highest BCUT2D eigenvalue weighted by atomic mass is 16.6. The zero-order valence-electron chi connectivity index (χ0n) is 20.1. The molecule has 35 heavy (non-hydrogen) atoms. The van der Waals surface area contributed by atoms with E-state index in [1.807, 2.05) is 60.7 Å². The van der Waals surface area contributed by atoms with Crippen LogP contribution in [0, 0.1) is 5.92 Å². The summed E-state index contributed by atoms with van der Waals surface area (Å²) in [4.78, 5) is 24.7. The van der Waals surface area contributed by atoms with Crippen molar-refractivity contribution in [1.82, 2.24) is 10.6 Å². The van der Waals surface area contributed by atoms with Gasteiger partial charge in [0, 0.05) is 24.6 Å². The minimum atomic E-state index is -0.649. The third kappa shape index (κ3) is 4.69. The molecular formula is C28H32N2O5. The molecule has 2 N–H and O–H groups in total. The van der Waals surface area contributed by atoms with Crippen molar-refractivity contribution in [2.75, 3.05) is 6.61 Å². The second-order valence-corrected chi connectivity index (χ2v) is 9.65. The van der Waals surface area contributed by atoms with Crippen molar-refractivity contribution >= 4 is 11.8 Å². The quantitative estimate of drug-likeness (QED) is 0.428. The Balaban J connectivity index is 1.35. The lowest BCUT2D eigenvalue weighted by molar-refractivity contribution is -0.151. The normalized spacial score (nSPS) is 31.9. The highest BCUT2D eigenvalue weighted by Gasteiger charge is 2.66. The lowest BCUT2D eigenvalue weighted by atomic mass is 9.87. The number of imide groups is 1. The molecule has 6 atom stereocenters. The average Bonchev–Trinajstić information content (AvgIpc) is 3.31. The number of hydrogen-bond donors (Lipinski definition) is 2. The van der Waals surface area contributed by atoms with Crippen molar-refractivity contribution in [3.63, 3.8) is 0 Å². The molecule has 1 unspecified atom stereocenters. The monoisotopic (exact) mass is 476 g/mol. The van der Waals surface area contributed by atoms with E-state index in [2.05, 4.69) is 17.6 Å². The van der Waals surface area contributed by atoms with E-state index in [-0.39, 0.29) is 30.0 Å². The second-order valence-electron chi connectivity index (χ2n) is 9.65. The molecule has 2 bridgehead atoms. The van der Waals surface area contributed by atoms with Gasteiger partial charge in [0.25, 0.3) is 5.91 Å². The van der Waals surface area contributed by atoms with Crippen molar-refractivity contribution in [2.45, 2.75) is 63.4 Å². The third-order valence-corrected chi connectivity index (χ3v) is 7.39. The molecule has 5 rings (SSSR count). The van der Waals surface area contributed by atoms with Crippen LogP contribution >= 0.6 is 0 Å². The Bertz CT molecular complexity index is 1090. The van der Waals surface area contributed by atoms with Gasteiger partial charge in [-0.1, -0.05) is 66.7 Å². The van der Waals surface area contributed by atoms with E-state index in [0.29, 0.717) is 31.8 Å². The summed E-state index contributed by atoms with van der Waals surface area (Å²) in [6.07, 6.45) is 1.65. The fourth-order valence-electron chi connectivity index (χ4n) is 5.50. The lowest BCUT2D eigenvalue weighted by Gasteiger charge is -2.39. The van der Waals surface area contributed by atoms with E-state index in [9.17, 15) is 9.59 Å². The number of benzene rings is 2. The van der Waals surface area contributed by atoms with Gasteiger partial charge < -0.3 is 19.5 Å². The maximum Gasteiger partial charge on any atom is 0.253 e. The van der Waals surface area contributed by atoms with Crippen LogP contribution in [-0.2, 0) is 37.0 Å². The van der Waals surface area contributed by atoms with Crippen molar-refractivity contribution in [1.29, 1.82) is 0 Å². The zero-order valence-corrected chi connectivity index (χ0v) is 20.1. The number of fused-ring (bicyclic) bond motifs is 2. The molecule has 7 heteroatoms. The van der Waals surface area contributed by atoms with Crippen LogP contribution in [0.15, 0.2) is 72.3 Å². The molecule has 2 amide bonds. The summed E-state index contributed by atoms with van der Waals surface area (Å²) in [7, 11) is 0. The van der Waals surface area contributed by atoms with Crippen LogP contribution in [0.1, 0.15) is 31.4 Å². The van der Waals surface area contributed by atoms with Gasteiger partial charge in [0.1, 0.15) is 11.7 Å². The maximum atomic E-state index is 12.8. The van der Waals surface area contributed by atoms with Crippen molar-refractivity contribution in [2.24, 2.45) is 5.92 Å². The Morgan fingerprint density at radius 1 is 0.971 bits per heavy atom. The molecular weight excluding hydrogens is 444 g/mol. The summed E-state index contributed by atoms with van der Waals surface area (Å²) in [5, 5.41) is 6.10. The summed E-state index contributed by atoms with van der Waals surface area (Å²) in [6, 6.07) is 19.9. The van der Waals surface area contributed by atoms with E-state index >= 15 is 0 Å². The van der Waals surface area contributed by atoms with Gasteiger partial charge in [0.2, 0.25) is 5.91 Å². The Morgan fingerprint density at radius 2 is 1.63 bits per heavy atom. The molecule has 2 saturated heterocycles. The summed E-state index contributed by atoms with van der Waals surface area (Å²) >= 11 is 0. The summed E-state index contributed by atoms with van der Waals surface area (Å²) in [6.45, 7) is 5.28. The fraction of sp³-hybridized carbons (Fsp3) is 0.429. The predicted octanol–water partition coefficient (Wildman–Crippen LogP) is 2.90. The summed E-state index contributed by atoms with van der Waals surface area (Å²) in [5.74, 6) is -1.24. The Morgan fingerprint density at radius 3 is 2.31 bits per heavy atom. The lowest BCUT2D eigenvalue weighted by Crippen LogP contribution is -2.56. The first-order valence-corrected chi connectivity index (χ1v) is 12.2. The van der Waals surface area contributed by atoms with Crippen molar-refractivity contribution in [3.05, 3.63) is 83.4 Å². The SMILES string of the molecule is CC1=CC([C@@H]2O[C@@]3(CCOCc4ccccc4)[C@@H](C)N[C@@H]2[C@@H]3OCc2ccccc2)C(=O)NC1=O. The van der Waals surface area contributed by atoms with Gasteiger partial charge in [-0.2, -0.15) is 0 Å². The number of morpholine rings is 1. The second kappa shape index (κ2) is 10.0. The van der Waals surface area contributed by atoms with Gasteiger partial charge in [-0.05, 0) is 25.0 Å². The minimum Gasteiger partial charge on any atom is -0.377 e. The van der Waals surface area contributed by atoms with Gasteiger partial charge in [-0.25, -0.2) is 0 Å². The first-order chi connectivity index (χ1) is 17.0. The number of carbonyl (C=O) groups excluding carboxylic acids is 2. The molecule has 7 nitrogen and oxygen atoms in total. The van der Waals surface area contributed by atoms with E-state index < -0.39 is 17.6 Å². The van der Waals surface area contributed by atoms with Crippen LogP contribution in [0.25, 0.3) is 0 Å². The van der Waals surface area contributed by atoms with Crippen molar-refractivity contribution < 1.29 is 23.8 Å². The number of nitrogens with one attached hydrogen (secondary N) is 2. The molecule has 0 aromatic heterocycles. The number of rotatable bonds is 9. The largest absolute Gasteiger partial charge is 0.377 e. The molecule has 0 aliphatic carbocycles. The Labute approximate surface area is 205 Å². The molecule has 0 spiro atoms.